The molecule has 4 nitrogen and oxygen atoms in total. The third-order valence-corrected chi connectivity index (χ3v) is 2.63. The second-order valence-electron chi connectivity index (χ2n) is 3.51. The SMILES string of the molecule is O[C@@H](c1ncc[nH]1)C1CCNCC1. The summed E-state index contributed by atoms with van der Waals surface area (Å²) in [7, 11) is 0. The number of aromatic amines is 1. The van der Waals surface area contributed by atoms with Gasteiger partial charge in [0.1, 0.15) is 11.9 Å². The first-order valence-electron chi connectivity index (χ1n) is 4.76. The van der Waals surface area contributed by atoms with Crippen LogP contribution in [0.5, 0.6) is 0 Å². The molecule has 13 heavy (non-hydrogen) atoms. The zero-order valence-electron chi connectivity index (χ0n) is 7.53. The lowest BCUT2D eigenvalue weighted by atomic mass is 9.92. The van der Waals surface area contributed by atoms with Gasteiger partial charge >= 0.3 is 0 Å². The third-order valence-electron chi connectivity index (χ3n) is 2.63. The predicted octanol–water partition coefficient (Wildman–Crippen LogP) is 0.443. The number of rotatable bonds is 2. The van der Waals surface area contributed by atoms with Gasteiger partial charge in [0, 0.05) is 12.4 Å². The van der Waals surface area contributed by atoms with Crippen molar-refractivity contribution in [1.29, 1.82) is 0 Å². The lowest BCUT2D eigenvalue weighted by molar-refractivity contribution is 0.0818. The van der Waals surface area contributed by atoms with Crippen LogP contribution in [0.25, 0.3) is 0 Å². The minimum Gasteiger partial charge on any atom is -0.385 e. The van der Waals surface area contributed by atoms with Gasteiger partial charge in [-0.1, -0.05) is 0 Å². The summed E-state index contributed by atoms with van der Waals surface area (Å²) in [5.74, 6) is 1.05. The molecule has 0 amide bonds. The number of hydrogen-bond acceptors (Lipinski definition) is 3. The minimum atomic E-state index is -0.419. The number of nitrogens with one attached hydrogen (secondary N) is 2. The Morgan fingerprint density at radius 1 is 1.46 bits per heavy atom. The molecular weight excluding hydrogens is 166 g/mol. The van der Waals surface area contributed by atoms with E-state index in [-0.39, 0.29) is 0 Å². The summed E-state index contributed by atoms with van der Waals surface area (Å²) in [6, 6.07) is 0. The first-order valence-corrected chi connectivity index (χ1v) is 4.76. The lowest BCUT2D eigenvalue weighted by Gasteiger charge is -2.25. The van der Waals surface area contributed by atoms with Crippen molar-refractivity contribution in [2.24, 2.45) is 5.92 Å². The van der Waals surface area contributed by atoms with Gasteiger partial charge in [-0.3, -0.25) is 0 Å². The number of hydrogen-bond donors (Lipinski definition) is 3. The van der Waals surface area contributed by atoms with Crippen LogP contribution >= 0.6 is 0 Å². The average Bonchev–Trinajstić information content (AvgIpc) is 2.71. The van der Waals surface area contributed by atoms with Crippen LogP contribution in [0.15, 0.2) is 12.4 Å². The highest BCUT2D eigenvalue weighted by Gasteiger charge is 2.24. The van der Waals surface area contributed by atoms with Crippen molar-refractivity contribution in [2.75, 3.05) is 13.1 Å². The average molecular weight is 181 g/mol. The van der Waals surface area contributed by atoms with Gasteiger partial charge in [0.05, 0.1) is 0 Å². The van der Waals surface area contributed by atoms with Crippen LogP contribution < -0.4 is 5.32 Å². The summed E-state index contributed by atoms with van der Waals surface area (Å²) >= 11 is 0. The zero-order chi connectivity index (χ0) is 9.10. The Hall–Kier alpha value is -0.870. The van der Waals surface area contributed by atoms with Gasteiger partial charge in [-0.2, -0.15) is 0 Å². The van der Waals surface area contributed by atoms with E-state index in [1.807, 2.05) is 0 Å². The van der Waals surface area contributed by atoms with Crippen molar-refractivity contribution in [3.8, 4) is 0 Å². The molecule has 0 aromatic carbocycles. The topological polar surface area (TPSA) is 60.9 Å². The van der Waals surface area contributed by atoms with E-state index in [9.17, 15) is 5.11 Å². The fourth-order valence-electron chi connectivity index (χ4n) is 1.82. The third kappa shape index (κ3) is 1.89. The molecule has 0 spiro atoms. The summed E-state index contributed by atoms with van der Waals surface area (Å²) in [5, 5.41) is 13.2. The Balaban J connectivity index is 1.99. The number of H-pyrrole nitrogens is 1. The van der Waals surface area contributed by atoms with E-state index in [0.717, 1.165) is 25.9 Å². The monoisotopic (exact) mass is 181 g/mol. The molecule has 0 aliphatic carbocycles. The Labute approximate surface area is 77.4 Å². The molecular formula is C9H15N3O. The first kappa shape index (κ1) is 8.72. The molecule has 1 aliphatic rings. The van der Waals surface area contributed by atoms with E-state index >= 15 is 0 Å². The molecule has 1 aromatic heterocycles. The maximum Gasteiger partial charge on any atom is 0.135 e. The summed E-state index contributed by atoms with van der Waals surface area (Å²) in [6.07, 6.45) is 5.07. The molecule has 0 saturated carbocycles. The number of aliphatic hydroxyl groups excluding tert-OH is 1. The van der Waals surface area contributed by atoms with E-state index in [0.29, 0.717) is 11.7 Å². The zero-order valence-corrected chi connectivity index (χ0v) is 7.53. The van der Waals surface area contributed by atoms with E-state index in [1.165, 1.54) is 0 Å². The molecule has 1 aromatic rings. The van der Waals surface area contributed by atoms with Crippen molar-refractivity contribution < 1.29 is 5.11 Å². The largest absolute Gasteiger partial charge is 0.385 e. The Kier molecular flexibility index (Phi) is 2.61. The normalized spacial score (nSPS) is 21.6. The highest BCUT2D eigenvalue weighted by molar-refractivity contribution is 4.95. The standard InChI is InChI=1S/C9H15N3O/c13-8(9-11-5-6-12-9)7-1-3-10-4-2-7/h5-8,10,13H,1-4H2,(H,11,12)/t8-/m1/s1. The summed E-state index contributed by atoms with van der Waals surface area (Å²) in [5.41, 5.74) is 0. The van der Waals surface area contributed by atoms with Crippen molar-refractivity contribution in [3.05, 3.63) is 18.2 Å². The summed E-state index contributed by atoms with van der Waals surface area (Å²) in [4.78, 5) is 7.02. The molecule has 0 radical (unpaired) electrons. The highest BCUT2D eigenvalue weighted by atomic mass is 16.3. The van der Waals surface area contributed by atoms with Crippen molar-refractivity contribution >= 4 is 0 Å². The Morgan fingerprint density at radius 2 is 2.23 bits per heavy atom. The highest BCUT2D eigenvalue weighted by Crippen LogP contribution is 2.26. The van der Waals surface area contributed by atoms with Gasteiger partial charge in [0.25, 0.3) is 0 Å². The van der Waals surface area contributed by atoms with Crippen LogP contribution in [0, 0.1) is 5.92 Å². The van der Waals surface area contributed by atoms with Crippen LogP contribution in [0.1, 0.15) is 24.8 Å². The molecule has 1 fully saturated rings. The molecule has 2 rings (SSSR count). The van der Waals surface area contributed by atoms with Crippen molar-refractivity contribution in [1.82, 2.24) is 15.3 Å². The van der Waals surface area contributed by atoms with E-state index in [2.05, 4.69) is 15.3 Å². The molecule has 3 N–H and O–H groups in total. The molecule has 1 atom stereocenters. The van der Waals surface area contributed by atoms with Gasteiger partial charge in [-0.15, -0.1) is 0 Å². The fraction of sp³-hybridized carbons (Fsp3) is 0.667. The Bertz CT molecular complexity index is 241. The van der Waals surface area contributed by atoms with E-state index in [1.54, 1.807) is 12.4 Å². The molecule has 4 heteroatoms. The van der Waals surface area contributed by atoms with Gasteiger partial charge < -0.3 is 15.4 Å². The van der Waals surface area contributed by atoms with Crippen LogP contribution in [0.4, 0.5) is 0 Å². The fourth-order valence-corrected chi connectivity index (χ4v) is 1.82. The molecule has 2 heterocycles. The number of aliphatic hydroxyl groups is 1. The second-order valence-corrected chi connectivity index (χ2v) is 3.51. The van der Waals surface area contributed by atoms with Gasteiger partial charge in [0.2, 0.25) is 0 Å². The van der Waals surface area contributed by atoms with Gasteiger partial charge in [-0.05, 0) is 31.8 Å². The molecule has 1 saturated heterocycles. The molecule has 1 aliphatic heterocycles. The summed E-state index contributed by atoms with van der Waals surface area (Å²) < 4.78 is 0. The van der Waals surface area contributed by atoms with E-state index < -0.39 is 6.10 Å². The molecule has 0 unspecified atom stereocenters. The van der Waals surface area contributed by atoms with Crippen molar-refractivity contribution in [3.63, 3.8) is 0 Å². The maximum atomic E-state index is 9.91. The molecule has 72 valence electrons. The lowest BCUT2D eigenvalue weighted by Crippen LogP contribution is -2.31. The Morgan fingerprint density at radius 3 is 2.85 bits per heavy atom. The smallest absolute Gasteiger partial charge is 0.135 e. The second kappa shape index (κ2) is 3.89. The van der Waals surface area contributed by atoms with Crippen LogP contribution in [-0.2, 0) is 0 Å². The first-order chi connectivity index (χ1) is 6.38. The number of imidazole rings is 1. The summed E-state index contributed by atoms with van der Waals surface area (Å²) in [6.45, 7) is 2.00. The van der Waals surface area contributed by atoms with Crippen LogP contribution in [-0.4, -0.2) is 28.2 Å². The maximum absolute atomic E-state index is 9.91. The van der Waals surface area contributed by atoms with E-state index in [4.69, 9.17) is 0 Å². The quantitative estimate of drug-likeness (QED) is 0.620. The van der Waals surface area contributed by atoms with Gasteiger partial charge in [0.15, 0.2) is 0 Å². The van der Waals surface area contributed by atoms with Crippen LogP contribution in [0.3, 0.4) is 0 Å². The van der Waals surface area contributed by atoms with Gasteiger partial charge in [-0.25, -0.2) is 4.98 Å². The van der Waals surface area contributed by atoms with Crippen LogP contribution in [0.2, 0.25) is 0 Å². The number of piperidine rings is 1. The number of nitrogens with zero attached hydrogens (tertiary/aromatic N) is 1. The number of aromatic nitrogens is 2. The molecule has 0 bridgehead atoms. The minimum absolute atomic E-state index is 0.354. The van der Waals surface area contributed by atoms with Crippen molar-refractivity contribution in [2.45, 2.75) is 18.9 Å². The predicted molar refractivity (Wildman–Crippen MR) is 49.1 cm³/mol.